The van der Waals surface area contributed by atoms with Gasteiger partial charge < -0.3 is 10.2 Å². The molecule has 0 saturated carbocycles. The summed E-state index contributed by atoms with van der Waals surface area (Å²) >= 11 is 0. The normalized spacial score (nSPS) is 10.5. The molecule has 0 atom stereocenters. The number of anilines is 2. The second-order valence-electron chi connectivity index (χ2n) is 6.59. The second-order valence-corrected chi connectivity index (χ2v) is 6.59. The lowest BCUT2D eigenvalue weighted by Gasteiger charge is -2.21. The quantitative estimate of drug-likeness (QED) is 0.640. The Bertz CT molecular complexity index is 941. The van der Waals surface area contributed by atoms with Gasteiger partial charge in [-0.3, -0.25) is 4.79 Å². The van der Waals surface area contributed by atoms with Crippen LogP contribution in [0.3, 0.4) is 0 Å². The topological polar surface area (TPSA) is 45.2 Å². The second kappa shape index (κ2) is 9.13. The number of amides is 1. The number of hydrogen-bond acceptors (Lipinski definition) is 3. The summed E-state index contributed by atoms with van der Waals surface area (Å²) in [4.78, 5) is 18.9. The zero-order chi connectivity index (χ0) is 19.9. The van der Waals surface area contributed by atoms with Gasteiger partial charge in [-0.05, 0) is 61.7 Å². The number of carbonyl (C=O) groups excluding carboxylic acids is 1. The van der Waals surface area contributed by atoms with Crippen molar-refractivity contribution in [2.24, 2.45) is 0 Å². The summed E-state index contributed by atoms with van der Waals surface area (Å²) in [6, 6.07) is 18.1. The molecule has 4 nitrogen and oxygen atoms in total. The molecule has 3 aromatic rings. The van der Waals surface area contributed by atoms with Crippen molar-refractivity contribution in [2.75, 3.05) is 23.3 Å². The van der Waals surface area contributed by atoms with E-state index >= 15 is 0 Å². The number of nitrogens with zero attached hydrogens (tertiary/aromatic N) is 2. The van der Waals surface area contributed by atoms with Gasteiger partial charge in [-0.25, -0.2) is 9.37 Å². The summed E-state index contributed by atoms with van der Waals surface area (Å²) in [5.41, 5.74) is 3.83. The smallest absolute Gasteiger partial charge is 0.276 e. The first-order chi connectivity index (χ1) is 13.6. The summed E-state index contributed by atoms with van der Waals surface area (Å²) < 4.78 is 13.6. The Hall–Kier alpha value is -3.21. The minimum absolute atomic E-state index is 0.133. The molecule has 0 unspecified atom stereocenters. The van der Waals surface area contributed by atoms with Crippen LogP contribution in [0.2, 0.25) is 0 Å². The number of rotatable bonds is 7. The summed E-state index contributed by atoms with van der Waals surface area (Å²) in [7, 11) is 0. The average Bonchev–Trinajstić information content (AvgIpc) is 2.70. The van der Waals surface area contributed by atoms with Gasteiger partial charge in [0.1, 0.15) is 11.5 Å². The summed E-state index contributed by atoms with van der Waals surface area (Å²) in [6.07, 6.45) is 2.21. The van der Waals surface area contributed by atoms with E-state index in [4.69, 9.17) is 0 Å². The van der Waals surface area contributed by atoms with Crippen molar-refractivity contribution in [3.63, 3.8) is 0 Å². The fourth-order valence-electron chi connectivity index (χ4n) is 3.05. The van der Waals surface area contributed by atoms with Gasteiger partial charge in [0.05, 0.1) is 11.9 Å². The maximum atomic E-state index is 13.6. The number of aromatic nitrogens is 1. The van der Waals surface area contributed by atoms with E-state index in [1.165, 1.54) is 6.07 Å². The Morgan fingerprint density at radius 3 is 2.61 bits per heavy atom. The first-order valence-corrected chi connectivity index (χ1v) is 9.40. The van der Waals surface area contributed by atoms with Crippen LogP contribution in [0, 0.1) is 12.7 Å². The zero-order valence-corrected chi connectivity index (χ0v) is 16.2. The maximum absolute atomic E-state index is 13.6. The van der Waals surface area contributed by atoms with Crippen LogP contribution >= 0.6 is 0 Å². The molecule has 1 N–H and O–H groups in total. The van der Waals surface area contributed by atoms with Gasteiger partial charge >= 0.3 is 0 Å². The van der Waals surface area contributed by atoms with Crippen LogP contribution in [0.5, 0.6) is 0 Å². The highest BCUT2D eigenvalue weighted by Gasteiger charge is 2.17. The van der Waals surface area contributed by atoms with Gasteiger partial charge in [0.25, 0.3) is 5.91 Å². The molecule has 3 rings (SSSR count). The third kappa shape index (κ3) is 4.74. The SMILES string of the molecule is CCN(C(=O)c1ccc(NCCc2ccccc2F)cn1)c1cccc(C)c1. The highest BCUT2D eigenvalue weighted by atomic mass is 19.1. The Morgan fingerprint density at radius 2 is 1.93 bits per heavy atom. The van der Waals surface area contributed by atoms with Crippen LogP contribution in [0.25, 0.3) is 0 Å². The Kier molecular flexibility index (Phi) is 6.37. The van der Waals surface area contributed by atoms with Gasteiger partial charge in [-0.15, -0.1) is 0 Å². The Balaban J connectivity index is 1.63. The standard InChI is InChI=1S/C23H24FN3O/c1-3-27(20-9-6-7-17(2)15-20)23(28)22-12-11-19(16-26-22)25-14-13-18-8-4-5-10-21(18)24/h4-12,15-16,25H,3,13-14H2,1-2H3. The molecule has 0 aliphatic carbocycles. The van der Waals surface area contributed by atoms with E-state index in [9.17, 15) is 9.18 Å². The largest absolute Gasteiger partial charge is 0.383 e. The van der Waals surface area contributed by atoms with Crippen molar-refractivity contribution in [3.8, 4) is 0 Å². The minimum Gasteiger partial charge on any atom is -0.383 e. The lowest BCUT2D eigenvalue weighted by molar-refractivity contribution is 0.0983. The van der Waals surface area contributed by atoms with E-state index in [1.807, 2.05) is 50.2 Å². The Labute approximate surface area is 165 Å². The third-order valence-electron chi connectivity index (χ3n) is 4.54. The van der Waals surface area contributed by atoms with Gasteiger partial charge in [-0.1, -0.05) is 30.3 Å². The molecule has 0 fully saturated rings. The van der Waals surface area contributed by atoms with Crippen molar-refractivity contribution in [1.82, 2.24) is 4.98 Å². The molecule has 1 aromatic heterocycles. The van der Waals surface area contributed by atoms with Gasteiger partial charge in [0.2, 0.25) is 0 Å². The monoisotopic (exact) mass is 377 g/mol. The molecule has 0 bridgehead atoms. The fraction of sp³-hybridized carbons (Fsp3) is 0.217. The molecule has 0 aliphatic heterocycles. The van der Waals surface area contributed by atoms with Crippen LogP contribution < -0.4 is 10.2 Å². The molecular formula is C23H24FN3O. The van der Waals surface area contributed by atoms with Crippen molar-refractivity contribution in [1.29, 1.82) is 0 Å². The molecule has 5 heteroatoms. The highest BCUT2D eigenvalue weighted by molar-refractivity contribution is 6.04. The fourth-order valence-corrected chi connectivity index (χ4v) is 3.05. The molecule has 0 saturated heterocycles. The van der Waals surface area contributed by atoms with E-state index in [-0.39, 0.29) is 11.7 Å². The van der Waals surface area contributed by atoms with Gasteiger partial charge in [0.15, 0.2) is 0 Å². The number of benzene rings is 2. The van der Waals surface area contributed by atoms with Crippen molar-refractivity contribution in [3.05, 3.63) is 89.5 Å². The lowest BCUT2D eigenvalue weighted by Crippen LogP contribution is -2.31. The van der Waals surface area contributed by atoms with E-state index in [2.05, 4.69) is 10.3 Å². The molecule has 0 radical (unpaired) electrons. The number of hydrogen-bond donors (Lipinski definition) is 1. The van der Waals surface area contributed by atoms with Crippen molar-refractivity contribution >= 4 is 17.3 Å². The van der Waals surface area contributed by atoms with Crippen LogP contribution in [-0.2, 0) is 6.42 Å². The lowest BCUT2D eigenvalue weighted by atomic mass is 10.1. The summed E-state index contributed by atoms with van der Waals surface area (Å²) in [6.45, 7) is 5.09. The maximum Gasteiger partial charge on any atom is 0.276 e. The van der Waals surface area contributed by atoms with E-state index in [1.54, 1.807) is 29.3 Å². The molecule has 144 valence electrons. The summed E-state index contributed by atoms with van der Waals surface area (Å²) in [5, 5.41) is 3.21. The first-order valence-electron chi connectivity index (χ1n) is 9.40. The number of aryl methyl sites for hydroxylation is 1. The molecular weight excluding hydrogens is 353 g/mol. The zero-order valence-electron chi connectivity index (χ0n) is 16.2. The predicted molar refractivity (Wildman–Crippen MR) is 111 cm³/mol. The molecule has 1 amide bonds. The van der Waals surface area contributed by atoms with Crippen molar-refractivity contribution in [2.45, 2.75) is 20.3 Å². The molecule has 0 aliphatic rings. The highest BCUT2D eigenvalue weighted by Crippen LogP contribution is 2.18. The predicted octanol–water partition coefficient (Wildman–Crippen LogP) is 4.85. The van der Waals surface area contributed by atoms with Crippen molar-refractivity contribution < 1.29 is 9.18 Å². The molecule has 1 heterocycles. The minimum atomic E-state index is -0.195. The van der Waals surface area contributed by atoms with Crippen LogP contribution in [0.4, 0.5) is 15.8 Å². The summed E-state index contributed by atoms with van der Waals surface area (Å²) in [5.74, 6) is -0.329. The molecule has 0 spiro atoms. The van der Waals surface area contributed by atoms with E-state index in [0.717, 1.165) is 16.9 Å². The number of nitrogens with one attached hydrogen (secondary N) is 1. The average molecular weight is 377 g/mol. The number of pyridine rings is 1. The van der Waals surface area contributed by atoms with Gasteiger partial charge in [-0.2, -0.15) is 0 Å². The molecule has 28 heavy (non-hydrogen) atoms. The third-order valence-corrected chi connectivity index (χ3v) is 4.54. The van der Waals surface area contributed by atoms with Crippen LogP contribution in [-0.4, -0.2) is 24.0 Å². The van der Waals surface area contributed by atoms with E-state index in [0.29, 0.717) is 30.8 Å². The van der Waals surface area contributed by atoms with Crippen LogP contribution in [0.15, 0.2) is 66.9 Å². The Morgan fingerprint density at radius 1 is 1.11 bits per heavy atom. The van der Waals surface area contributed by atoms with E-state index < -0.39 is 0 Å². The molecule has 2 aromatic carbocycles. The van der Waals surface area contributed by atoms with Crippen LogP contribution in [0.1, 0.15) is 28.5 Å². The first kappa shape index (κ1) is 19.5. The van der Waals surface area contributed by atoms with Gasteiger partial charge in [0, 0.05) is 18.8 Å². The number of halogens is 1. The number of carbonyl (C=O) groups is 1.